The number of ether oxygens (including phenoxy) is 1. The zero-order valence-corrected chi connectivity index (χ0v) is 23.0. The van der Waals surface area contributed by atoms with Crippen LogP contribution in [0.4, 0.5) is 4.79 Å². The summed E-state index contributed by atoms with van der Waals surface area (Å²) in [5.41, 5.74) is 7.22. The average Bonchev–Trinajstić information content (AvgIpc) is 3.54. The molecule has 206 valence electrons. The van der Waals surface area contributed by atoms with E-state index in [-0.39, 0.29) is 35.8 Å². The topological polar surface area (TPSA) is 146 Å². The molecule has 40 heavy (non-hydrogen) atoms. The fourth-order valence-electron chi connectivity index (χ4n) is 4.21. The minimum absolute atomic E-state index is 0.118. The van der Waals surface area contributed by atoms with Crippen molar-refractivity contribution >= 4 is 41.0 Å². The predicted octanol–water partition coefficient (Wildman–Crippen LogP) is 3.83. The lowest BCUT2D eigenvalue weighted by Crippen LogP contribution is -2.42. The second-order valence-electron chi connectivity index (χ2n) is 9.28. The lowest BCUT2D eigenvalue weighted by atomic mass is 9.95. The molecule has 0 saturated heterocycles. The van der Waals surface area contributed by atoms with Gasteiger partial charge in [-0.05, 0) is 61.2 Å². The maximum Gasteiger partial charge on any atom is 0.425 e. The van der Waals surface area contributed by atoms with Gasteiger partial charge in [0, 0.05) is 35.3 Å². The summed E-state index contributed by atoms with van der Waals surface area (Å²) in [6, 6.07) is 8.05. The van der Waals surface area contributed by atoms with Crippen LogP contribution >= 0.6 is 23.2 Å². The molecule has 3 heterocycles. The van der Waals surface area contributed by atoms with Gasteiger partial charge in [-0.1, -0.05) is 28.4 Å². The number of halogens is 2. The van der Waals surface area contributed by atoms with Gasteiger partial charge in [0.05, 0.1) is 30.1 Å². The van der Waals surface area contributed by atoms with E-state index in [0.717, 1.165) is 25.6 Å². The van der Waals surface area contributed by atoms with Crippen molar-refractivity contribution in [2.45, 2.75) is 38.6 Å². The Balaban J connectivity index is 1.48. The first-order valence-corrected chi connectivity index (χ1v) is 13.1. The number of pyridine rings is 1. The Labute approximate surface area is 238 Å². The van der Waals surface area contributed by atoms with Crippen LogP contribution in [0.5, 0.6) is 0 Å². The summed E-state index contributed by atoms with van der Waals surface area (Å²) in [5, 5.41) is 13.7. The van der Waals surface area contributed by atoms with Gasteiger partial charge >= 0.3 is 6.09 Å². The normalized spacial score (nSPS) is 12.7. The summed E-state index contributed by atoms with van der Waals surface area (Å²) in [6.07, 6.45) is 4.62. The van der Waals surface area contributed by atoms with E-state index in [1.807, 2.05) is 6.20 Å². The van der Waals surface area contributed by atoms with Crippen molar-refractivity contribution in [3.05, 3.63) is 86.5 Å². The minimum Gasteiger partial charge on any atom is -0.452 e. The Hall–Kier alpha value is -4.29. The third-order valence-electron chi connectivity index (χ3n) is 6.34. The zero-order valence-electron chi connectivity index (χ0n) is 21.5. The number of rotatable bonds is 8. The maximum atomic E-state index is 13.8. The van der Waals surface area contributed by atoms with E-state index in [1.54, 1.807) is 42.1 Å². The molecule has 4 aromatic rings. The molecule has 0 radical (unpaired) electrons. The van der Waals surface area contributed by atoms with E-state index in [1.165, 1.54) is 10.7 Å². The molecule has 14 heteroatoms. The summed E-state index contributed by atoms with van der Waals surface area (Å²) >= 11 is 12.6. The van der Waals surface area contributed by atoms with Gasteiger partial charge in [-0.15, -0.1) is 5.10 Å². The number of benzene rings is 1. The van der Waals surface area contributed by atoms with Crippen LogP contribution in [0.1, 0.15) is 62.1 Å². The Kier molecular flexibility index (Phi) is 7.81. The molecule has 1 aliphatic carbocycles. The summed E-state index contributed by atoms with van der Waals surface area (Å²) < 4.78 is 7.55. The van der Waals surface area contributed by atoms with Crippen molar-refractivity contribution in [1.82, 2.24) is 40.6 Å². The number of hydrogen-bond acceptors (Lipinski definition) is 8. The largest absolute Gasteiger partial charge is 0.452 e. The third kappa shape index (κ3) is 5.97. The molecule has 1 fully saturated rings. The van der Waals surface area contributed by atoms with Crippen molar-refractivity contribution in [2.24, 2.45) is 0 Å². The van der Waals surface area contributed by atoms with Crippen LogP contribution in [0.25, 0.3) is 5.82 Å². The fraction of sp³-hybridized carbons (Fsp3) is 0.269. The van der Waals surface area contributed by atoms with E-state index in [0.29, 0.717) is 32.8 Å². The van der Waals surface area contributed by atoms with Crippen LogP contribution in [-0.4, -0.2) is 54.7 Å². The number of nitrogens with zero attached hydrogens (tertiary/aromatic N) is 6. The van der Waals surface area contributed by atoms with E-state index in [2.05, 4.69) is 36.0 Å². The van der Waals surface area contributed by atoms with Crippen molar-refractivity contribution in [3.8, 4) is 5.82 Å². The smallest absolute Gasteiger partial charge is 0.425 e. The van der Waals surface area contributed by atoms with Crippen molar-refractivity contribution in [2.75, 3.05) is 7.11 Å². The van der Waals surface area contributed by atoms with Gasteiger partial charge in [0.25, 0.3) is 5.91 Å². The standard InChI is InChI=1S/C26H24Cl2N8O4/c1-14-8-16(27)9-19(25(38)31-32-26(39)40-2)18(14)11-23(37)22-10-17(12-35-13-21(30-34-35)15-5-6-15)33-36(22)24-20(28)4-3-7-29-24/h3-4,7-10,13,15H,5-6,11-12H2,1-2H3,(H,31,38)(H,32,39). The summed E-state index contributed by atoms with van der Waals surface area (Å²) in [5.74, 6) is -0.284. The molecule has 0 atom stereocenters. The number of hydrazine groups is 1. The average molecular weight is 583 g/mol. The molecule has 12 nitrogen and oxygen atoms in total. The van der Waals surface area contributed by atoms with Crippen molar-refractivity contribution in [1.29, 1.82) is 0 Å². The quantitative estimate of drug-likeness (QED) is 0.235. The second-order valence-corrected chi connectivity index (χ2v) is 10.1. The van der Waals surface area contributed by atoms with Crippen molar-refractivity contribution in [3.63, 3.8) is 0 Å². The van der Waals surface area contributed by atoms with Gasteiger partial charge in [-0.2, -0.15) is 5.10 Å². The minimum atomic E-state index is -0.856. The van der Waals surface area contributed by atoms with Crippen molar-refractivity contribution < 1.29 is 19.1 Å². The number of Topliss-reactive ketones (excluding diaryl/α,β-unsaturated/α-hetero) is 1. The number of nitrogens with one attached hydrogen (secondary N) is 2. The Morgan fingerprint density at radius 2 is 1.95 bits per heavy atom. The first-order chi connectivity index (χ1) is 19.2. The molecular weight excluding hydrogens is 559 g/mol. The molecule has 1 aliphatic rings. The number of methoxy groups -OCH3 is 1. The summed E-state index contributed by atoms with van der Waals surface area (Å²) in [6.45, 7) is 2.02. The number of carbonyl (C=O) groups is 3. The molecule has 2 N–H and O–H groups in total. The maximum absolute atomic E-state index is 13.8. The van der Waals surface area contributed by atoms with Crippen LogP contribution in [0.2, 0.25) is 10.0 Å². The van der Waals surface area contributed by atoms with Crippen LogP contribution in [0.3, 0.4) is 0 Å². The van der Waals surface area contributed by atoms with Crippen LogP contribution < -0.4 is 10.9 Å². The first-order valence-electron chi connectivity index (χ1n) is 12.3. The summed E-state index contributed by atoms with van der Waals surface area (Å²) in [4.78, 5) is 42.4. The molecule has 3 aromatic heterocycles. The zero-order chi connectivity index (χ0) is 28.4. The van der Waals surface area contributed by atoms with Gasteiger partial charge in [-0.3, -0.25) is 15.0 Å². The molecule has 0 spiro atoms. The van der Waals surface area contributed by atoms with Gasteiger partial charge in [0.15, 0.2) is 11.6 Å². The van der Waals surface area contributed by atoms with Gasteiger partial charge in [-0.25, -0.2) is 24.6 Å². The Bertz CT molecular complexity index is 1610. The second kappa shape index (κ2) is 11.4. The van der Waals surface area contributed by atoms with E-state index < -0.39 is 12.0 Å². The number of ketones is 1. The summed E-state index contributed by atoms with van der Waals surface area (Å²) in [7, 11) is 1.16. The van der Waals surface area contributed by atoms with Crippen LogP contribution in [-0.2, 0) is 17.7 Å². The highest BCUT2D eigenvalue weighted by molar-refractivity contribution is 6.32. The molecule has 0 bridgehead atoms. The Morgan fingerprint density at radius 3 is 2.67 bits per heavy atom. The predicted molar refractivity (Wildman–Crippen MR) is 145 cm³/mol. The molecule has 2 amide bonds. The monoisotopic (exact) mass is 582 g/mol. The molecule has 0 aliphatic heterocycles. The molecule has 0 unspecified atom stereocenters. The number of aromatic nitrogens is 6. The third-order valence-corrected chi connectivity index (χ3v) is 6.86. The molecule has 1 aromatic carbocycles. The first kappa shape index (κ1) is 27.3. The highest BCUT2D eigenvalue weighted by Crippen LogP contribution is 2.38. The number of amides is 2. The Morgan fingerprint density at radius 1 is 1.15 bits per heavy atom. The molecule has 1 saturated carbocycles. The van der Waals surface area contributed by atoms with Gasteiger partial charge < -0.3 is 4.74 Å². The number of hydrogen-bond donors (Lipinski definition) is 2. The van der Waals surface area contributed by atoms with Crippen LogP contribution in [0, 0.1) is 6.92 Å². The number of carbonyl (C=O) groups excluding carboxylic acids is 3. The lowest BCUT2D eigenvalue weighted by molar-refractivity contribution is 0.0919. The van der Waals surface area contributed by atoms with E-state index in [4.69, 9.17) is 23.2 Å². The van der Waals surface area contributed by atoms with E-state index >= 15 is 0 Å². The van der Waals surface area contributed by atoms with E-state index in [9.17, 15) is 14.4 Å². The fourth-order valence-corrected chi connectivity index (χ4v) is 4.69. The van der Waals surface area contributed by atoms with Crippen LogP contribution in [0.15, 0.2) is 42.7 Å². The number of aryl methyl sites for hydroxylation is 1. The highest BCUT2D eigenvalue weighted by atomic mass is 35.5. The SMILES string of the molecule is COC(=O)NNC(=O)c1cc(Cl)cc(C)c1CC(=O)c1cc(Cn2cc(C3CC3)nn2)nn1-c1ncccc1Cl. The van der Waals surface area contributed by atoms with Gasteiger partial charge in [0.1, 0.15) is 5.69 Å². The molecule has 5 rings (SSSR count). The highest BCUT2D eigenvalue weighted by Gasteiger charge is 2.27. The molecular formula is C26H24Cl2N8O4. The lowest BCUT2D eigenvalue weighted by Gasteiger charge is -2.14. The van der Waals surface area contributed by atoms with Gasteiger partial charge in [0.2, 0.25) is 0 Å².